The lowest BCUT2D eigenvalue weighted by Gasteiger charge is -2.19. The van der Waals surface area contributed by atoms with Crippen LogP contribution in [0.2, 0.25) is 0 Å². The molecule has 2 fully saturated rings. The topological polar surface area (TPSA) is 46.3 Å². The van der Waals surface area contributed by atoms with Gasteiger partial charge in [-0.25, -0.2) is 0 Å². The van der Waals surface area contributed by atoms with Gasteiger partial charge in [-0.15, -0.1) is 0 Å². The Kier molecular flexibility index (Phi) is 4.43. The van der Waals surface area contributed by atoms with Gasteiger partial charge in [0.25, 0.3) is 0 Å². The molecule has 2 aliphatic rings. The molecular weight excluding hydrogens is 212 g/mol. The number of rotatable bonds is 4. The summed E-state index contributed by atoms with van der Waals surface area (Å²) in [5.74, 6) is 1.70. The average molecular weight is 238 g/mol. The van der Waals surface area contributed by atoms with Crippen molar-refractivity contribution in [2.24, 2.45) is 17.6 Å². The fraction of sp³-hybridized carbons (Fsp3) is 0.929. The molecule has 1 saturated carbocycles. The zero-order valence-electron chi connectivity index (χ0n) is 11.0. The summed E-state index contributed by atoms with van der Waals surface area (Å²) in [4.78, 5) is 14.1. The molecule has 17 heavy (non-hydrogen) atoms. The predicted octanol–water partition coefficient (Wildman–Crippen LogP) is 2.15. The minimum absolute atomic E-state index is 0.225. The molecular formula is C14H26N2O. The molecule has 0 aromatic rings. The molecule has 0 bridgehead atoms. The molecule has 1 saturated heterocycles. The number of carbonyl (C=O) groups excluding carboxylic acids is 1. The van der Waals surface area contributed by atoms with Crippen molar-refractivity contribution in [3.8, 4) is 0 Å². The number of amides is 1. The standard InChI is InChI=1S/C14H26N2O/c1-11(15)13-8-9-16(10-13)14(17)7-6-12-4-2-3-5-12/h11-13H,2-10,15H2,1H3. The van der Waals surface area contributed by atoms with E-state index in [2.05, 4.69) is 6.92 Å². The van der Waals surface area contributed by atoms with E-state index in [0.717, 1.165) is 38.3 Å². The Morgan fingerprint density at radius 2 is 2.06 bits per heavy atom. The summed E-state index contributed by atoms with van der Waals surface area (Å²) < 4.78 is 0. The highest BCUT2D eigenvalue weighted by atomic mass is 16.2. The molecule has 2 N–H and O–H groups in total. The van der Waals surface area contributed by atoms with Crippen molar-refractivity contribution in [2.45, 2.75) is 57.9 Å². The van der Waals surface area contributed by atoms with E-state index in [1.165, 1.54) is 25.7 Å². The van der Waals surface area contributed by atoms with Crippen LogP contribution in [0.15, 0.2) is 0 Å². The normalized spacial score (nSPS) is 27.6. The lowest BCUT2D eigenvalue weighted by atomic mass is 10.0. The molecule has 1 heterocycles. The highest BCUT2D eigenvalue weighted by molar-refractivity contribution is 5.76. The van der Waals surface area contributed by atoms with Gasteiger partial charge in [0.15, 0.2) is 0 Å². The van der Waals surface area contributed by atoms with E-state index in [-0.39, 0.29) is 6.04 Å². The summed E-state index contributed by atoms with van der Waals surface area (Å²) in [5.41, 5.74) is 5.90. The summed E-state index contributed by atoms with van der Waals surface area (Å²) in [5, 5.41) is 0. The van der Waals surface area contributed by atoms with E-state index in [4.69, 9.17) is 5.73 Å². The molecule has 2 rings (SSSR count). The third-order valence-corrected chi connectivity index (χ3v) is 4.56. The molecule has 1 aliphatic carbocycles. The van der Waals surface area contributed by atoms with Crippen LogP contribution in [0.5, 0.6) is 0 Å². The van der Waals surface area contributed by atoms with Gasteiger partial charge in [0.2, 0.25) is 5.91 Å². The van der Waals surface area contributed by atoms with Crippen LogP contribution in [-0.4, -0.2) is 29.9 Å². The van der Waals surface area contributed by atoms with Gasteiger partial charge >= 0.3 is 0 Å². The van der Waals surface area contributed by atoms with Gasteiger partial charge in [0.05, 0.1) is 0 Å². The van der Waals surface area contributed by atoms with E-state index < -0.39 is 0 Å². The minimum Gasteiger partial charge on any atom is -0.342 e. The smallest absolute Gasteiger partial charge is 0.222 e. The Labute approximate surface area is 105 Å². The Bertz CT molecular complexity index is 259. The lowest BCUT2D eigenvalue weighted by Crippen LogP contribution is -2.33. The third-order valence-electron chi connectivity index (χ3n) is 4.56. The molecule has 2 unspecified atom stereocenters. The monoisotopic (exact) mass is 238 g/mol. The number of hydrogen-bond donors (Lipinski definition) is 1. The first-order valence-electron chi connectivity index (χ1n) is 7.20. The maximum Gasteiger partial charge on any atom is 0.222 e. The summed E-state index contributed by atoms with van der Waals surface area (Å²) in [7, 11) is 0. The van der Waals surface area contributed by atoms with E-state index in [1.807, 2.05) is 4.90 Å². The second kappa shape index (κ2) is 5.85. The van der Waals surface area contributed by atoms with Crippen molar-refractivity contribution in [2.75, 3.05) is 13.1 Å². The van der Waals surface area contributed by atoms with Crippen molar-refractivity contribution in [1.82, 2.24) is 4.90 Å². The van der Waals surface area contributed by atoms with Gasteiger partial charge in [0, 0.05) is 25.6 Å². The van der Waals surface area contributed by atoms with Crippen LogP contribution in [0.25, 0.3) is 0 Å². The van der Waals surface area contributed by atoms with Crippen molar-refractivity contribution in [3.05, 3.63) is 0 Å². The molecule has 1 amide bonds. The molecule has 3 nitrogen and oxygen atoms in total. The highest BCUT2D eigenvalue weighted by Crippen LogP contribution is 2.29. The SMILES string of the molecule is CC(N)C1CCN(C(=O)CCC2CCCC2)C1. The first-order valence-corrected chi connectivity index (χ1v) is 7.20. The van der Waals surface area contributed by atoms with Crippen LogP contribution in [0.3, 0.4) is 0 Å². The summed E-state index contributed by atoms with van der Waals surface area (Å²) in [6.45, 7) is 3.87. The Morgan fingerprint density at radius 3 is 2.65 bits per heavy atom. The second-order valence-electron chi connectivity index (χ2n) is 5.94. The first-order chi connectivity index (χ1) is 8.16. The maximum atomic E-state index is 12.1. The van der Waals surface area contributed by atoms with Crippen molar-refractivity contribution >= 4 is 5.91 Å². The lowest BCUT2D eigenvalue weighted by molar-refractivity contribution is -0.130. The van der Waals surface area contributed by atoms with Crippen molar-refractivity contribution in [1.29, 1.82) is 0 Å². The summed E-state index contributed by atoms with van der Waals surface area (Å²) >= 11 is 0. The first kappa shape index (κ1) is 12.9. The zero-order valence-corrected chi connectivity index (χ0v) is 11.0. The molecule has 0 aromatic heterocycles. The summed E-state index contributed by atoms with van der Waals surface area (Å²) in [6.07, 6.45) is 8.39. The number of carbonyl (C=O) groups is 1. The molecule has 3 heteroatoms. The molecule has 2 atom stereocenters. The van der Waals surface area contributed by atoms with E-state index in [1.54, 1.807) is 0 Å². The number of likely N-dealkylation sites (tertiary alicyclic amines) is 1. The number of hydrogen-bond acceptors (Lipinski definition) is 2. The van der Waals surface area contributed by atoms with Crippen molar-refractivity contribution < 1.29 is 4.79 Å². The van der Waals surface area contributed by atoms with Crippen molar-refractivity contribution in [3.63, 3.8) is 0 Å². The number of nitrogens with two attached hydrogens (primary N) is 1. The van der Waals surface area contributed by atoms with Gasteiger partial charge in [-0.3, -0.25) is 4.79 Å². The van der Waals surface area contributed by atoms with Crippen LogP contribution in [0.4, 0.5) is 0 Å². The summed E-state index contributed by atoms with van der Waals surface area (Å²) in [6, 6.07) is 0.225. The fourth-order valence-corrected chi connectivity index (χ4v) is 3.23. The Hall–Kier alpha value is -0.570. The van der Waals surface area contributed by atoms with Gasteiger partial charge in [0.1, 0.15) is 0 Å². The average Bonchev–Trinajstić information content (AvgIpc) is 2.96. The number of nitrogens with zero attached hydrogens (tertiary/aromatic N) is 1. The Morgan fingerprint density at radius 1 is 1.35 bits per heavy atom. The van der Waals surface area contributed by atoms with Gasteiger partial charge in [-0.1, -0.05) is 25.7 Å². The quantitative estimate of drug-likeness (QED) is 0.815. The molecule has 1 aliphatic heterocycles. The van der Waals surface area contributed by atoms with Crippen LogP contribution >= 0.6 is 0 Å². The van der Waals surface area contributed by atoms with Gasteiger partial charge < -0.3 is 10.6 Å². The van der Waals surface area contributed by atoms with E-state index >= 15 is 0 Å². The minimum atomic E-state index is 0.225. The largest absolute Gasteiger partial charge is 0.342 e. The van der Waals surface area contributed by atoms with Crippen LogP contribution < -0.4 is 5.73 Å². The Balaban J connectivity index is 1.69. The van der Waals surface area contributed by atoms with Crippen LogP contribution in [0.1, 0.15) is 51.9 Å². The molecule has 98 valence electrons. The fourth-order valence-electron chi connectivity index (χ4n) is 3.23. The highest BCUT2D eigenvalue weighted by Gasteiger charge is 2.28. The third kappa shape index (κ3) is 3.44. The van der Waals surface area contributed by atoms with E-state index in [9.17, 15) is 4.79 Å². The van der Waals surface area contributed by atoms with Gasteiger partial charge in [-0.05, 0) is 31.6 Å². The predicted molar refractivity (Wildman–Crippen MR) is 69.5 cm³/mol. The van der Waals surface area contributed by atoms with Crippen LogP contribution in [0, 0.1) is 11.8 Å². The van der Waals surface area contributed by atoms with Gasteiger partial charge in [-0.2, -0.15) is 0 Å². The molecule has 0 spiro atoms. The second-order valence-corrected chi connectivity index (χ2v) is 5.94. The van der Waals surface area contributed by atoms with E-state index in [0.29, 0.717) is 11.8 Å². The van der Waals surface area contributed by atoms with Crippen LogP contribution in [-0.2, 0) is 4.79 Å². The molecule has 0 aromatic carbocycles. The zero-order chi connectivity index (χ0) is 12.3. The maximum absolute atomic E-state index is 12.1. The molecule has 0 radical (unpaired) electrons.